The fourth-order valence-corrected chi connectivity index (χ4v) is 3.76. The molecule has 0 bridgehead atoms. The number of thioether (sulfide) groups is 1. The highest BCUT2D eigenvalue weighted by Gasteiger charge is 2.13. The van der Waals surface area contributed by atoms with Gasteiger partial charge in [-0.3, -0.25) is 9.20 Å². The normalized spacial score (nSPS) is 10.7. The van der Waals surface area contributed by atoms with Crippen molar-refractivity contribution in [3.8, 4) is 6.07 Å². The number of pyridine rings is 1. The predicted octanol–water partition coefficient (Wildman–Crippen LogP) is 3.70. The summed E-state index contributed by atoms with van der Waals surface area (Å²) in [4.78, 5) is 12.0. The number of amides is 1. The van der Waals surface area contributed by atoms with Crippen LogP contribution in [0.3, 0.4) is 0 Å². The Bertz CT molecular complexity index is 930. The summed E-state index contributed by atoms with van der Waals surface area (Å²) in [5.74, 6) is -0.118. The van der Waals surface area contributed by atoms with Gasteiger partial charge in [0.15, 0.2) is 10.8 Å². The Balaban J connectivity index is 1.71. The minimum absolute atomic E-state index is 0.119. The van der Waals surface area contributed by atoms with Crippen molar-refractivity contribution in [2.45, 2.75) is 5.16 Å². The lowest BCUT2D eigenvalue weighted by atomic mass is 10.3. The molecule has 10 heteroatoms. The number of nitrogens with one attached hydrogen (secondary N) is 1. The van der Waals surface area contributed by atoms with Gasteiger partial charge < -0.3 is 5.32 Å². The lowest BCUT2D eigenvalue weighted by Crippen LogP contribution is -2.14. The molecule has 0 spiro atoms. The number of carbonyl (C=O) groups excluding carboxylic acids is 1. The quantitative estimate of drug-likeness (QED) is 0.694. The zero-order valence-corrected chi connectivity index (χ0v) is 14.4. The average molecular weight is 384 g/mol. The van der Waals surface area contributed by atoms with Crippen molar-refractivity contribution in [2.24, 2.45) is 0 Å². The maximum absolute atomic E-state index is 12.0. The van der Waals surface area contributed by atoms with E-state index >= 15 is 0 Å². The molecule has 3 heterocycles. The summed E-state index contributed by atoms with van der Waals surface area (Å²) in [6.07, 6.45) is 1.63. The number of rotatable bonds is 4. The average Bonchev–Trinajstić information content (AvgIpc) is 3.11. The van der Waals surface area contributed by atoms with E-state index in [1.807, 2.05) is 6.07 Å². The SMILES string of the molecule is N#Cc1ccsc1NC(=O)CSc1nnc2c(Cl)cc(Cl)cn12. The van der Waals surface area contributed by atoms with Crippen LogP contribution >= 0.6 is 46.3 Å². The third-order valence-corrected chi connectivity index (χ3v) is 5.02. The van der Waals surface area contributed by atoms with Crippen molar-refractivity contribution in [1.29, 1.82) is 5.26 Å². The van der Waals surface area contributed by atoms with E-state index in [1.54, 1.807) is 28.1 Å². The standard InChI is InChI=1S/C13H7Cl2N5OS2/c14-8-3-9(15)11-18-19-13(20(11)5-8)23-6-10(21)17-12-7(4-16)1-2-22-12/h1-3,5H,6H2,(H,17,21). The van der Waals surface area contributed by atoms with Crippen LogP contribution in [-0.4, -0.2) is 26.3 Å². The molecule has 3 aromatic rings. The minimum Gasteiger partial charge on any atom is -0.316 e. The fraction of sp³-hybridized carbons (Fsp3) is 0.0769. The highest BCUT2D eigenvalue weighted by Crippen LogP contribution is 2.26. The Morgan fingerprint density at radius 3 is 3.09 bits per heavy atom. The van der Waals surface area contributed by atoms with Crippen LogP contribution in [0, 0.1) is 11.3 Å². The second-order valence-corrected chi connectivity index (χ2v) is 7.00. The Morgan fingerprint density at radius 2 is 2.30 bits per heavy atom. The van der Waals surface area contributed by atoms with Crippen LogP contribution < -0.4 is 5.32 Å². The van der Waals surface area contributed by atoms with Crippen molar-refractivity contribution in [2.75, 3.05) is 11.1 Å². The van der Waals surface area contributed by atoms with Crippen LogP contribution in [0.15, 0.2) is 28.9 Å². The zero-order chi connectivity index (χ0) is 16.4. The van der Waals surface area contributed by atoms with E-state index < -0.39 is 0 Å². The van der Waals surface area contributed by atoms with Crippen molar-refractivity contribution < 1.29 is 4.79 Å². The summed E-state index contributed by atoms with van der Waals surface area (Å²) >= 11 is 14.5. The van der Waals surface area contributed by atoms with E-state index in [9.17, 15) is 4.79 Å². The monoisotopic (exact) mass is 383 g/mol. The molecule has 116 valence electrons. The van der Waals surface area contributed by atoms with E-state index in [0.717, 1.165) is 0 Å². The molecule has 0 saturated heterocycles. The van der Waals surface area contributed by atoms with Crippen LogP contribution in [0.1, 0.15) is 5.56 Å². The maximum Gasteiger partial charge on any atom is 0.235 e. The number of aromatic nitrogens is 3. The predicted molar refractivity (Wildman–Crippen MR) is 91.4 cm³/mol. The van der Waals surface area contributed by atoms with Crippen LogP contribution in [-0.2, 0) is 4.79 Å². The van der Waals surface area contributed by atoms with Crippen molar-refractivity contribution in [3.05, 3.63) is 39.3 Å². The molecular formula is C13H7Cl2N5OS2. The molecule has 3 rings (SSSR count). The summed E-state index contributed by atoms with van der Waals surface area (Å²) in [6, 6.07) is 5.25. The fourth-order valence-electron chi connectivity index (χ4n) is 1.79. The summed E-state index contributed by atoms with van der Waals surface area (Å²) < 4.78 is 1.63. The van der Waals surface area contributed by atoms with E-state index in [1.165, 1.54) is 23.1 Å². The third-order valence-electron chi connectivity index (χ3n) is 2.77. The first-order chi connectivity index (χ1) is 11.1. The van der Waals surface area contributed by atoms with Crippen LogP contribution in [0.25, 0.3) is 5.65 Å². The molecule has 1 N–H and O–H groups in total. The second kappa shape index (κ2) is 6.76. The van der Waals surface area contributed by atoms with E-state index in [4.69, 9.17) is 28.5 Å². The number of halogens is 2. The van der Waals surface area contributed by atoms with Gasteiger partial charge in [-0.15, -0.1) is 21.5 Å². The Morgan fingerprint density at radius 1 is 1.48 bits per heavy atom. The highest BCUT2D eigenvalue weighted by atomic mass is 35.5. The van der Waals surface area contributed by atoms with Gasteiger partial charge in [0.05, 0.1) is 21.4 Å². The molecule has 1 amide bonds. The number of carbonyl (C=O) groups is 1. The van der Waals surface area contributed by atoms with Gasteiger partial charge >= 0.3 is 0 Å². The largest absolute Gasteiger partial charge is 0.316 e. The lowest BCUT2D eigenvalue weighted by molar-refractivity contribution is -0.113. The smallest absolute Gasteiger partial charge is 0.235 e. The van der Waals surface area contributed by atoms with Gasteiger partial charge in [0.25, 0.3) is 0 Å². The summed E-state index contributed by atoms with van der Waals surface area (Å²) in [5, 5.41) is 23.2. The topological polar surface area (TPSA) is 83.1 Å². The number of nitriles is 1. The molecule has 6 nitrogen and oxygen atoms in total. The summed E-state index contributed by atoms with van der Waals surface area (Å²) in [5.41, 5.74) is 0.920. The molecular weight excluding hydrogens is 377 g/mol. The molecule has 0 radical (unpaired) electrons. The van der Waals surface area contributed by atoms with Gasteiger partial charge in [-0.05, 0) is 17.5 Å². The van der Waals surface area contributed by atoms with Gasteiger partial charge in [0.1, 0.15) is 11.1 Å². The molecule has 0 saturated carbocycles. The number of thiophene rings is 1. The van der Waals surface area contributed by atoms with Crippen LogP contribution in [0.2, 0.25) is 10.0 Å². The zero-order valence-electron chi connectivity index (χ0n) is 11.3. The number of hydrogen-bond donors (Lipinski definition) is 1. The van der Waals surface area contributed by atoms with E-state index in [-0.39, 0.29) is 11.7 Å². The molecule has 23 heavy (non-hydrogen) atoms. The van der Waals surface area contributed by atoms with Gasteiger partial charge in [-0.2, -0.15) is 5.26 Å². The molecule has 3 aromatic heterocycles. The first-order valence-corrected chi connectivity index (χ1v) is 8.80. The molecule has 0 aliphatic heterocycles. The highest BCUT2D eigenvalue weighted by molar-refractivity contribution is 7.99. The minimum atomic E-state index is -0.237. The molecule has 0 atom stereocenters. The number of fused-ring (bicyclic) bond motifs is 1. The maximum atomic E-state index is 12.0. The van der Waals surface area contributed by atoms with E-state index in [2.05, 4.69) is 15.5 Å². The summed E-state index contributed by atoms with van der Waals surface area (Å²) in [7, 11) is 0. The number of nitrogens with zero attached hydrogens (tertiary/aromatic N) is 4. The van der Waals surface area contributed by atoms with E-state index in [0.29, 0.717) is 31.4 Å². The van der Waals surface area contributed by atoms with Crippen LogP contribution in [0.4, 0.5) is 5.00 Å². The Hall–Kier alpha value is -1.79. The molecule has 0 aliphatic carbocycles. The molecule has 0 aliphatic rings. The summed E-state index contributed by atoms with van der Waals surface area (Å²) in [6.45, 7) is 0. The molecule has 0 fully saturated rings. The van der Waals surface area contributed by atoms with Crippen molar-refractivity contribution in [1.82, 2.24) is 14.6 Å². The van der Waals surface area contributed by atoms with Gasteiger partial charge in [-0.1, -0.05) is 35.0 Å². The Labute approximate surface area is 149 Å². The second-order valence-electron chi connectivity index (χ2n) is 4.29. The molecule has 0 unspecified atom stereocenters. The van der Waals surface area contributed by atoms with Crippen molar-refractivity contribution >= 4 is 62.9 Å². The first-order valence-electron chi connectivity index (χ1n) is 6.18. The van der Waals surface area contributed by atoms with Gasteiger partial charge in [0, 0.05) is 6.20 Å². The van der Waals surface area contributed by atoms with Crippen molar-refractivity contribution in [3.63, 3.8) is 0 Å². The first kappa shape index (κ1) is 16.1. The number of hydrogen-bond acceptors (Lipinski definition) is 6. The number of anilines is 1. The molecule has 0 aromatic carbocycles. The van der Waals surface area contributed by atoms with Crippen LogP contribution in [0.5, 0.6) is 0 Å². The third kappa shape index (κ3) is 3.43. The van der Waals surface area contributed by atoms with Gasteiger partial charge in [0.2, 0.25) is 5.91 Å². The van der Waals surface area contributed by atoms with Gasteiger partial charge in [-0.25, -0.2) is 0 Å². The lowest BCUT2D eigenvalue weighted by Gasteiger charge is -2.03. The Kier molecular flexibility index (Phi) is 4.73.